The minimum absolute atomic E-state index is 0.00656. The van der Waals surface area contributed by atoms with Gasteiger partial charge in [0.1, 0.15) is 11.3 Å². The summed E-state index contributed by atoms with van der Waals surface area (Å²) >= 11 is 14.7. The molecule has 0 aromatic heterocycles. The smallest absolute Gasteiger partial charge is 0.270 e. The molecule has 0 radical (unpaired) electrons. The van der Waals surface area contributed by atoms with Crippen LogP contribution in [0.15, 0.2) is 46.4 Å². The molecule has 2 aromatic rings. The van der Waals surface area contributed by atoms with Crippen molar-refractivity contribution in [1.82, 2.24) is 5.32 Å². The number of hydrogen-bond acceptors (Lipinski definition) is 4. The van der Waals surface area contributed by atoms with Crippen LogP contribution in [0.3, 0.4) is 0 Å². The molecule has 2 aromatic carbocycles. The van der Waals surface area contributed by atoms with Crippen LogP contribution in [0.1, 0.15) is 11.1 Å². The van der Waals surface area contributed by atoms with Crippen LogP contribution in [-0.2, 0) is 9.59 Å². The molecule has 1 N–H and O–H groups in total. The second kappa shape index (κ2) is 7.80. The average Bonchev–Trinajstić information content (AvgIpc) is 2.61. The van der Waals surface area contributed by atoms with E-state index in [4.69, 9.17) is 28.6 Å². The first-order valence-electron chi connectivity index (χ1n) is 7.83. The number of amides is 2. The predicted octanol–water partition coefficient (Wildman–Crippen LogP) is 4.25. The van der Waals surface area contributed by atoms with Gasteiger partial charge in [0, 0.05) is 15.1 Å². The van der Waals surface area contributed by atoms with Crippen molar-refractivity contribution in [2.24, 2.45) is 0 Å². The molecule has 3 rings (SSSR count). The number of benzene rings is 2. The van der Waals surface area contributed by atoms with Gasteiger partial charge in [0.2, 0.25) is 0 Å². The highest BCUT2D eigenvalue weighted by molar-refractivity contribution is 9.10. The van der Waals surface area contributed by atoms with Gasteiger partial charge in [-0.05, 0) is 61.1 Å². The van der Waals surface area contributed by atoms with Gasteiger partial charge in [0.15, 0.2) is 5.11 Å². The molecule has 1 aliphatic rings. The molecule has 0 unspecified atom stereocenters. The Morgan fingerprint density at radius 1 is 1.26 bits per heavy atom. The summed E-state index contributed by atoms with van der Waals surface area (Å²) in [6.07, 6.45) is 1.50. The van der Waals surface area contributed by atoms with Crippen LogP contribution in [0.25, 0.3) is 6.08 Å². The number of thiocarbonyl (C=S) groups is 1. The molecule has 2 amide bonds. The fourth-order valence-corrected chi connectivity index (χ4v) is 3.57. The van der Waals surface area contributed by atoms with Crippen molar-refractivity contribution >= 4 is 68.4 Å². The van der Waals surface area contributed by atoms with E-state index in [0.29, 0.717) is 22.0 Å². The van der Waals surface area contributed by atoms with E-state index in [2.05, 4.69) is 21.2 Å². The van der Waals surface area contributed by atoms with Crippen LogP contribution in [-0.4, -0.2) is 24.0 Å². The van der Waals surface area contributed by atoms with Crippen LogP contribution < -0.4 is 15.0 Å². The Morgan fingerprint density at radius 3 is 2.67 bits per heavy atom. The van der Waals surface area contributed by atoms with Crippen molar-refractivity contribution in [1.29, 1.82) is 0 Å². The molecular formula is C19H14BrClN2O3S. The maximum Gasteiger partial charge on any atom is 0.270 e. The normalized spacial score (nSPS) is 15.9. The molecule has 0 atom stereocenters. The summed E-state index contributed by atoms with van der Waals surface area (Å²) in [4.78, 5) is 26.6. The molecular weight excluding hydrogens is 452 g/mol. The van der Waals surface area contributed by atoms with Crippen molar-refractivity contribution in [2.75, 3.05) is 12.0 Å². The predicted molar refractivity (Wildman–Crippen MR) is 113 cm³/mol. The first kappa shape index (κ1) is 19.5. The van der Waals surface area contributed by atoms with Gasteiger partial charge in [0.25, 0.3) is 11.8 Å². The van der Waals surface area contributed by atoms with Crippen LogP contribution >= 0.6 is 39.7 Å². The fraction of sp³-hybridized carbons (Fsp3) is 0.105. The minimum Gasteiger partial charge on any atom is -0.496 e. The maximum absolute atomic E-state index is 13.0. The van der Waals surface area contributed by atoms with E-state index in [9.17, 15) is 9.59 Å². The second-order valence-electron chi connectivity index (χ2n) is 5.77. The third-order valence-electron chi connectivity index (χ3n) is 4.02. The molecule has 0 saturated carbocycles. The molecule has 5 nitrogen and oxygen atoms in total. The van der Waals surface area contributed by atoms with Crippen molar-refractivity contribution in [3.05, 3.63) is 62.6 Å². The zero-order chi connectivity index (χ0) is 19.7. The second-order valence-corrected chi connectivity index (χ2v) is 7.45. The Labute approximate surface area is 175 Å². The lowest BCUT2D eigenvalue weighted by Gasteiger charge is -2.29. The van der Waals surface area contributed by atoms with E-state index < -0.39 is 11.8 Å². The number of hydrogen-bond donors (Lipinski definition) is 1. The van der Waals surface area contributed by atoms with Crippen molar-refractivity contribution in [3.63, 3.8) is 0 Å². The number of methoxy groups -OCH3 is 1. The molecule has 0 spiro atoms. The Bertz CT molecular complexity index is 1010. The van der Waals surface area contributed by atoms with Gasteiger partial charge in [-0.25, -0.2) is 0 Å². The number of nitrogens with zero attached hydrogens (tertiary/aromatic N) is 1. The third kappa shape index (κ3) is 3.90. The summed E-state index contributed by atoms with van der Waals surface area (Å²) < 4.78 is 6.14. The highest BCUT2D eigenvalue weighted by Crippen LogP contribution is 2.30. The van der Waals surface area contributed by atoms with Gasteiger partial charge >= 0.3 is 0 Å². The Hall–Kier alpha value is -2.22. The van der Waals surface area contributed by atoms with Gasteiger partial charge in [-0.1, -0.05) is 33.6 Å². The lowest BCUT2D eigenvalue weighted by Crippen LogP contribution is -2.54. The fourth-order valence-electron chi connectivity index (χ4n) is 2.64. The number of nitrogens with one attached hydrogen (secondary N) is 1. The Kier molecular flexibility index (Phi) is 5.64. The van der Waals surface area contributed by atoms with E-state index in [0.717, 1.165) is 10.0 Å². The lowest BCUT2D eigenvalue weighted by molar-refractivity contribution is -0.122. The van der Waals surface area contributed by atoms with Crippen molar-refractivity contribution in [3.8, 4) is 5.75 Å². The monoisotopic (exact) mass is 464 g/mol. The Balaban J connectivity index is 2.06. The van der Waals surface area contributed by atoms with Crippen LogP contribution in [0.4, 0.5) is 5.69 Å². The molecule has 27 heavy (non-hydrogen) atoms. The van der Waals surface area contributed by atoms with Gasteiger partial charge in [-0.15, -0.1) is 0 Å². The highest BCUT2D eigenvalue weighted by atomic mass is 79.9. The zero-order valence-electron chi connectivity index (χ0n) is 14.4. The van der Waals surface area contributed by atoms with Gasteiger partial charge < -0.3 is 4.74 Å². The maximum atomic E-state index is 13.0. The van der Waals surface area contributed by atoms with Crippen molar-refractivity contribution in [2.45, 2.75) is 6.92 Å². The highest BCUT2D eigenvalue weighted by Gasteiger charge is 2.34. The quantitative estimate of drug-likeness (QED) is 0.418. The summed E-state index contributed by atoms with van der Waals surface area (Å²) in [5.74, 6) is -0.442. The molecule has 1 saturated heterocycles. The number of halogens is 2. The zero-order valence-corrected chi connectivity index (χ0v) is 17.5. The largest absolute Gasteiger partial charge is 0.496 e. The first-order chi connectivity index (χ1) is 12.8. The summed E-state index contributed by atoms with van der Waals surface area (Å²) in [7, 11) is 1.56. The van der Waals surface area contributed by atoms with E-state index >= 15 is 0 Å². The van der Waals surface area contributed by atoms with Gasteiger partial charge in [-0.2, -0.15) is 0 Å². The molecule has 8 heteroatoms. The van der Waals surface area contributed by atoms with Crippen molar-refractivity contribution < 1.29 is 14.3 Å². The van der Waals surface area contributed by atoms with Gasteiger partial charge in [0.05, 0.1) is 12.8 Å². The summed E-state index contributed by atoms with van der Waals surface area (Å²) in [5.41, 5.74) is 2.00. The van der Waals surface area contributed by atoms with E-state index in [1.165, 1.54) is 11.0 Å². The first-order valence-corrected chi connectivity index (χ1v) is 9.41. The van der Waals surface area contributed by atoms with E-state index in [1.807, 2.05) is 13.0 Å². The number of carbonyl (C=O) groups is 2. The molecule has 0 aliphatic carbocycles. The van der Waals surface area contributed by atoms with Gasteiger partial charge in [-0.3, -0.25) is 19.8 Å². The SMILES string of the molecule is COc1cc(C=C2C(=O)NC(=S)N(c3cccc(Cl)c3)C2=O)cc(Br)c1C. The molecule has 1 heterocycles. The number of carbonyl (C=O) groups excluding carboxylic acids is 2. The third-order valence-corrected chi connectivity index (χ3v) is 5.36. The minimum atomic E-state index is -0.557. The summed E-state index contributed by atoms with van der Waals surface area (Å²) in [6, 6.07) is 10.2. The average molecular weight is 466 g/mol. The molecule has 1 fully saturated rings. The summed E-state index contributed by atoms with van der Waals surface area (Å²) in [5, 5.41) is 3.01. The van der Waals surface area contributed by atoms with Crippen LogP contribution in [0.2, 0.25) is 5.02 Å². The molecule has 1 aliphatic heterocycles. The Morgan fingerprint density at radius 2 is 2.00 bits per heavy atom. The number of rotatable bonds is 3. The van der Waals surface area contributed by atoms with Crippen LogP contribution in [0.5, 0.6) is 5.75 Å². The lowest BCUT2D eigenvalue weighted by atomic mass is 10.0. The molecule has 138 valence electrons. The number of anilines is 1. The summed E-state index contributed by atoms with van der Waals surface area (Å²) in [6.45, 7) is 1.90. The van der Waals surface area contributed by atoms with E-state index in [-0.39, 0.29) is 10.7 Å². The topological polar surface area (TPSA) is 58.6 Å². The van der Waals surface area contributed by atoms with Crippen LogP contribution in [0, 0.1) is 6.92 Å². The standard InChI is InChI=1S/C19H14BrClN2O3S/c1-10-15(20)7-11(8-16(10)26-2)6-14-17(24)22-19(27)23(18(14)25)13-5-3-4-12(21)9-13/h3-9H,1-2H3,(H,22,24,27). The molecule has 0 bridgehead atoms. The number of ether oxygens (including phenoxy) is 1. The van der Waals surface area contributed by atoms with E-state index in [1.54, 1.807) is 37.4 Å².